The van der Waals surface area contributed by atoms with Crippen LogP contribution in [0.1, 0.15) is 5.56 Å². The van der Waals surface area contributed by atoms with Gasteiger partial charge in [-0.15, -0.1) is 0 Å². The van der Waals surface area contributed by atoms with Gasteiger partial charge in [-0.25, -0.2) is 0 Å². The fraction of sp³-hybridized carbons (Fsp3) is 0.462. The second-order valence-corrected chi connectivity index (χ2v) is 4.47. The predicted octanol–water partition coefficient (Wildman–Crippen LogP) is 0.894. The van der Waals surface area contributed by atoms with Crippen LogP contribution in [0.2, 0.25) is 0 Å². The SMILES string of the molecule is OC[C@@]12CO[C@H]([CH-]O1)C2OCc1ccccc1.[U]. The molecule has 0 amide bonds. The largest absolute Gasteiger partial charge is 0.540 e. The summed E-state index contributed by atoms with van der Waals surface area (Å²) >= 11 is 0. The van der Waals surface area contributed by atoms with E-state index >= 15 is 0 Å². The van der Waals surface area contributed by atoms with E-state index in [1.165, 1.54) is 0 Å². The van der Waals surface area contributed by atoms with Gasteiger partial charge in [0.05, 0.1) is 25.9 Å². The Hall–Kier alpha value is 0.112. The van der Waals surface area contributed by atoms with Crippen molar-refractivity contribution < 1.29 is 50.4 Å². The first-order valence-corrected chi connectivity index (χ1v) is 5.73. The minimum Gasteiger partial charge on any atom is -0.540 e. The zero-order chi connectivity index (χ0) is 11.7. The first kappa shape index (κ1) is 14.5. The van der Waals surface area contributed by atoms with Crippen LogP contribution in [0.15, 0.2) is 30.3 Å². The van der Waals surface area contributed by atoms with E-state index in [2.05, 4.69) is 0 Å². The van der Waals surface area contributed by atoms with Crippen molar-refractivity contribution in [2.75, 3.05) is 13.2 Å². The number of hydrogen-bond donors (Lipinski definition) is 1. The fourth-order valence-electron chi connectivity index (χ4n) is 2.30. The molecule has 0 radical (unpaired) electrons. The molecule has 2 saturated heterocycles. The van der Waals surface area contributed by atoms with Crippen molar-refractivity contribution in [2.45, 2.75) is 24.4 Å². The Morgan fingerprint density at radius 1 is 1.39 bits per heavy atom. The average Bonchev–Trinajstić information content (AvgIpc) is 2.92. The van der Waals surface area contributed by atoms with Gasteiger partial charge in [-0.05, 0) is 11.7 Å². The molecule has 2 aliphatic heterocycles. The molecule has 1 aromatic carbocycles. The molecule has 0 saturated carbocycles. The van der Waals surface area contributed by atoms with Crippen LogP contribution in [0.4, 0.5) is 0 Å². The van der Waals surface area contributed by atoms with Gasteiger partial charge in [-0.2, -0.15) is 6.61 Å². The zero-order valence-corrected chi connectivity index (χ0v) is 14.1. The summed E-state index contributed by atoms with van der Waals surface area (Å²) in [6.07, 6.45) is -0.376. The van der Waals surface area contributed by atoms with E-state index in [9.17, 15) is 5.11 Å². The quantitative estimate of drug-likeness (QED) is 0.661. The normalized spacial score (nSPS) is 33.4. The second-order valence-electron chi connectivity index (χ2n) is 4.47. The van der Waals surface area contributed by atoms with E-state index in [0.29, 0.717) is 13.2 Å². The first-order chi connectivity index (χ1) is 8.34. The maximum Gasteiger partial charge on any atom is 0.109 e. The Labute approximate surface area is 130 Å². The maximum absolute atomic E-state index is 9.41. The van der Waals surface area contributed by atoms with Crippen molar-refractivity contribution in [3.8, 4) is 0 Å². The van der Waals surface area contributed by atoms with Crippen LogP contribution in [-0.2, 0) is 20.8 Å². The Kier molecular flexibility index (Phi) is 4.87. The molecule has 18 heavy (non-hydrogen) atoms. The van der Waals surface area contributed by atoms with Crippen LogP contribution in [0, 0.1) is 37.7 Å². The molecular formula is C13H15O4U-. The number of benzene rings is 1. The van der Waals surface area contributed by atoms with Crippen LogP contribution in [0.3, 0.4) is 0 Å². The van der Waals surface area contributed by atoms with Gasteiger partial charge in [0, 0.05) is 31.1 Å². The summed E-state index contributed by atoms with van der Waals surface area (Å²) in [5.41, 5.74) is 0.409. The molecule has 96 valence electrons. The molecule has 5 heteroatoms. The van der Waals surface area contributed by atoms with E-state index in [1.54, 1.807) is 6.61 Å². The van der Waals surface area contributed by atoms with Crippen molar-refractivity contribution in [2.24, 2.45) is 0 Å². The summed E-state index contributed by atoms with van der Waals surface area (Å²) in [7, 11) is 0. The molecule has 3 atom stereocenters. The van der Waals surface area contributed by atoms with Gasteiger partial charge in [0.25, 0.3) is 0 Å². The molecule has 4 nitrogen and oxygen atoms in total. The predicted molar refractivity (Wildman–Crippen MR) is 60.0 cm³/mol. The third kappa shape index (κ3) is 2.53. The summed E-state index contributed by atoms with van der Waals surface area (Å²) < 4.78 is 16.8. The van der Waals surface area contributed by atoms with Gasteiger partial charge in [0.15, 0.2) is 0 Å². The molecule has 0 aromatic heterocycles. The number of aliphatic hydroxyl groups excluding tert-OH is 1. The molecule has 3 rings (SSSR count). The number of fused-ring (bicyclic) bond motifs is 2. The van der Waals surface area contributed by atoms with Crippen LogP contribution >= 0.6 is 0 Å². The van der Waals surface area contributed by atoms with E-state index < -0.39 is 5.60 Å². The fourth-order valence-corrected chi connectivity index (χ4v) is 2.30. The summed E-state index contributed by atoms with van der Waals surface area (Å²) in [5.74, 6) is 0. The molecule has 2 aliphatic rings. The third-order valence-corrected chi connectivity index (χ3v) is 3.31. The maximum atomic E-state index is 9.41. The Morgan fingerprint density at radius 3 is 2.78 bits per heavy atom. The Morgan fingerprint density at radius 2 is 2.17 bits per heavy atom. The molecule has 1 unspecified atom stereocenters. The second kappa shape index (κ2) is 6.04. The van der Waals surface area contributed by atoms with E-state index in [4.69, 9.17) is 14.2 Å². The molecule has 2 fully saturated rings. The van der Waals surface area contributed by atoms with E-state index in [0.717, 1.165) is 5.56 Å². The van der Waals surface area contributed by atoms with Crippen molar-refractivity contribution in [1.82, 2.24) is 0 Å². The van der Waals surface area contributed by atoms with Crippen molar-refractivity contribution in [3.63, 3.8) is 0 Å². The van der Waals surface area contributed by atoms with Crippen molar-refractivity contribution in [3.05, 3.63) is 42.5 Å². The summed E-state index contributed by atoms with van der Waals surface area (Å²) in [6, 6.07) is 9.94. The molecule has 0 spiro atoms. The van der Waals surface area contributed by atoms with Gasteiger partial charge >= 0.3 is 0 Å². The zero-order valence-electron chi connectivity index (χ0n) is 9.91. The standard InChI is InChI=1S/C13H15O4.U/c14-8-13-9-16-11(7-17-13)12(13)15-6-10-4-2-1-3-5-10;/h1-5,7,11-12,14H,6,8-9H2;/q-1;/t11-,12?,13+;/m1./s1. The number of ether oxygens (including phenoxy) is 3. The van der Waals surface area contributed by atoms with Gasteiger partial charge in [-0.3, -0.25) is 0 Å². The minimum absolute atomic E-state index is 0. The average molecular weight is 473 g/mol. The Bertz CT molecular complexity index is 376. The van der Waals surface area contributed by atoms with Gasteiger partial charge in [0.2, 0.25) is 0 Å². The molecule has 2 bridgehead atoms. The Balaban J connectivity index is 0.00000120. The van der Waals surface area contributed by atoms with Crippen LogP contribution in [0.5, 0.6) is 0 Å². The van der Waals surface area contributed by atoms with Crippen LogP contribution in [0.25, 0.3) is 0 Å². The summed E-state index contributed by atoms with van der Waals surface area (Å²) in [4.78, 5) is 0. The topological polar surface area (TPSA) is 47.9 Å². The molecule has 2 heterocycles. The van der Waals surface area contributed by atoms with E-state index in [1.807, 2.05) is 30.3 Å². The minimum atomic E-state index is -0.695. The van der Waals surface area contributed by atoms with Gasteiger partial charge in [0.1, 0.15) is 5.60 Å². The van der Waals surface area contributed by atoms with Crippen LogP contribution < -0.4 is 0 Å². The third-order valence-electron chi connectivity index (χ3n) is 3.31. The summed E-state index contributed by atoms with van der Waals surface area (Å²) in [5, 5.41) is 9.41. The summed E-state index contributed by atoms with van der Waals surface area (Å²) in [6.45, 7) is 2.43. The molecule has 0 aliphatic carbocycles. The van der Waals surface area contributed by atoms with Crippen molar-refractivity contribution in [1.29, 1.82) is 0 Å². The number of aliphatic hydroxyl groups is 1. The molecule has 1 aromatic rings. The van der Waals surface area contributed by atoms with Crippen molar-refractivity contribution >= 4 is 0 Å². The molecular weight excluding hydrogens is 458 g/mol. The smallest absolute Gasteiger partial charge is 0.109 e. The van der Waals surface area contributed by atoms with Crippen LogP contribution in [-0.4, -0.2) is 36.1 Å². The van der Waals surface area contributed by atoms with Gasteiger partial charge in [-0.1, -0.05) is 30.3 Å². The monoisotopic (exact) mass is 473 g/mol. The number of rotatable bonds is 4. The first-order valence-electron chi connectivity index (χ1n) is 5.73. The van der Waals surface area contributed by atoms with Gasteiger partial charge < -0.3 is 19.3 Å². The molecule has 1 N–H and O–H groups in total. The number of hydrogen-bond acceptors (Lipinski definition) is 4. The van der Waals surface area contributed by atoms with E-state index in [-0.39, 0.29) is 49.9 Å².